The van der Waals surface area contributed by atoms with Gasteiger partial charge in [0.25, 0.3) is 0 Å². The Morgan fingerprint density at radius 2 is 1.57 bits per heavy atom. The average molecular weight is 468 g/mol. The van der Waals surface area contributed by atoms with E-state index in [1.165, 1.54) is 11.1 Å². The Morgan fingerprint density at radius 1 is 0.829 bits per heavy atom. The standard InChI is InChI=1S/C30H33N3O2/c1-23-9-11-24(12-10-23)20-32-16-18-33(19-17-32)21-28(34)26-13-14-29(30-27(26)8-5-15-31-30)35-22-25-6-3-2-4-7-25/h2-15,28,34H,16-22H2,1H3/t28-/m0/s1. The molecule has 0 radical (unpaired) electrons. The molecule has 1 aliphatic rings. The first kappa shape index (κ1) is 23.5. The SMILES string of the molecule is Cc1ccc(CN2CCN(C[C@H](O)c3ccc(OCc4ccccc4)c4ncccc34)CC2)cc1. The van der Waals surface area contributed by atoms with E-state index >= 15 is 0 Å². The van der Waals surface area contributed by atoms with Crippen LogP contribution in [-0.4, -0.2) is 52.6 Å². The number of aromatic nitrogens is 1. The van der Waals surface area contributed by atoms with Gasteiger partial charge in [-0.3, -0.25) is 14.8 Å². The van der Waals surface area contributed by atoms with Gasteiger partial charge in [0.1, 0.15) is 17.9 Å². The summed E-state index contributed by atoms with van der Waals surface area (Å²) in [4.78, 5) is 9.43. The third kappa shape index (κ3) is 5.88. The third-order valence-electron chi connectivity index (χ3n) is 6.79. The second kappa shape index (κ2) is 11.0. The van der Waals surface area contributed by atoms with Crippen molar-refractivity contribution in [2.45, 2.75) is 26.2 Å². The molecule has 5 nitrogen and oxygen atoms in total. The van der Waals surface area contributed by atoms with Crippen molar-refractivity contribution in [2.24, 2.45) is 0 Å². The van der Waals surface area contributed by atoms with Gasteiger partial charge in [0.2, 0.25) is 0 Å². The molecule has 0 saturated carbocycles. The highest BCUT2D eigenvalue weighted by Gasteiger charge is 2.22. The Morgan fingerprint density at radius 3 is 2.34 bits per heavy atom. The van der Waals surface area contributed by atoms with Crippen LogP contribution in [0.25, 0.3) is 10.9 Å². The van der Waals surface area contributed by atoms with Crippen molar-refractivity contribution >= 4 is 10.9 Å². The number of aryl methyl sites for hydroxylation is 1. The van der Waals surface area contributed by atoms with Crippen molar-refractivity contribution in [1.29, 1.82) is 0 Å². The van der Waals surface area contributed by atoms with Crippen molar-refractivity contribution in [3.8, 4) is 5.75 Å². The van der Waals surface area contributed by atoms with E-state index in [4.69, 9.17) is 4.74 Å². The number of hydrogen-bond acceptors (Lipinski definition) is 5. The maximum absolute atomic E-state index is 11.2. The first-order chi connectivity index (χ1) is 17.2. The molecule has 35 heavy (non-hydrogen) atoms. The number of piperazine rings is 1. The Kier molecular flexibility index (Phi) is 7.38. The van der Waals surface area contributed by atoms with Crippen LogP contribution in [0.1, 0.15) is 28.4 Å². The van der Waals surface area contributed by atoms with Crippen LogP contribution < -0.4 is 4.74 Å². The van der Waals surface area contributed by atoms with Gasteiger partial charge in [-0.05, 0) is 35.7 Å². The molecular formula is C30H33N3O2. The lowest BCUT2D eigenvalue weighted by Gasteiger charge is -2.35. The first-order valence-electron chi connectivity index (χ1n) is 12.4. The molecule has 1 saturated heterocycles. The topological polar surface area (TPSA) is 48.8 Å². The number of β-amino-alcohol motifs (C(OH)–C–C–N with tert-alkyl or cyclic N) is 1. The summed E-state index contributed by atoms with van der Waals surface area (Å²) in [6.07, 6.45) is 1.20. The first-order valence-corrected chi connectivity index (χ1v) is 12.4. The zero-order valence-electron chi connectivity index (χ0n) is 20.3. The van der Waals surface area contributed by atoms with Crippen LogP contribution in [0.15, 0.2) is 85.1 Å². The highest BCUT2D eigenvalue weighted by molar-refractivity contribution is 5.87. The quantitative estimate of drug-likeness (QED) is 0.396. The summed E-state index contributed by atoms with van der Waals surface area (Å²) in [6.45, 7) is 8.14. The van der Waals surface area contributed by atoms with Crippen molar-refractivity contribution in [1.82, 2.24) is 14.8 Å². The van der Waals surface area contributed by atoms with Crippen molar-refractivity contribution in [3.63, 3.8) is 0 Å². The van der Waals surface area contributed by atoms with E-state index in [1.807, 2.05) is 54.6 Å². The lowest BCUT2D eigenvalue weighted by molar-refractivity contribution is 0.0707. The molecule has 4 aromatic rings. The molecule has 0 unspecified atom stereocenters. The Bertz CT molecular complexity index is 1240. The fraction of sp³-hybridized carbons (Fsp3) is 0.300. The Labute approximate surface area is 207 Å². The van der Waals surface area contributed by atoms with Crippen molar-refractivity contribution in [2.75, 3.05) is 32.7 Å². The monoisotopic (exact) mass is 467 g/mol. The summed E-state index contributed by atoms with van der Waals surface area (Å²) in [7, 11) is 0. The van der Waals surface area contributed by atoms with Crippen LogP contribution in [0.4, 0.5) is 0 Å². The molecule has 1 aromatic heterocycles. The molecular weight excluding hydrogens is 434 g/mol. The molecule has 0 spiro atoms. The molecule has 1 N–H and O–H groups in total. The molecule has 180 valence electrons. The molecule has 1 atom stereocenters. The number of pyridine rings is 1. The fourth-order valence-corrected chi connectivity index (χ4v) is 4.74. The molecule has 0 aliphatic carbocycles. The summed E-state index contributed by atoms with van der Waals surface area (Å²) in [5.74, 6) is 0.741. The maximum Gasteiger partial charge on any atom is 0.146 e. The van der Waals surface area contributed by atoms with Crippen LogP contribution in [0.2, 0.25) is 0 Å². The highest BCUT2D eigenvalue weighted by Crippen LogP contribution is 2.31. The van der Waals surface area contributed by atoms with E-state index in [1.54, 1.807) is 6.20 Å². The van der Waals surface area contributed by atoms with Gasteiger partial charge in [0.05, 0.1) is 6.10 Å². The van der Waals surface area contributed by atoms with Crippen LogP contribution in [0, 0.1) is 6.92 Å². The Balaban J connectivity index is 1.21. The zero-order chi connectivity index (χ0) is 24.0. The summed E-state index contributed by atoms with van der Waals surface area (Å²) in [6, 6.07) is 26.8. The van der Waals surface area contributed by atoms with Gasteiger partial charge in [-0.1, -0.05) is 72.3 Å². The van der Waals surface area contributed by atoms with Gasteiger partial charge in [-0.15, -0.1) is 0 Å². The highest BCUT2D eigenvalue weighted by atomic mass is 16.5. The number of hydrogen-bond donors (Lipinski definition) is 1. The van der Waals surface area contributed by atoms with E-state index in [-0.39, 0.29) is 0 Å². The lowest BCUT2D eigenvalue weighted by Crippen LogP contribution is -2.47. The van der Waals surface area contributed by atoms with Gasteiger partial charge < -0.3 is 9.84 Å². The number of aliphatic hydroxyl groups is 1. The smallest absolute Gasteiger partial charge is 0.146 e. The van der Waals surface area contributed by atoms with Gasteiger partial charge in [-0.2, -0.15) is 0 Å². The number of aliphatic hydroxyl groups excluding tert-OH is 1. The normalized spacial score (nSPS) is 15.8. The fourth-order valence-electron chi connectivity index (χ4n) is 4.74. The van der Waals surface area contributed by atoms with E-state index < -0.39 is 6.10 Å². The van der Waals surface area contributed by atoms with Gasteiger partial charge in [0, 0.05) is 50.9 Å². The van der Waals surface area contributed by atoms with Crippen LogP contribution in [0.3, 0.4) is 0 Å². The molecule has 0 bridgehead atoms. The third-order valence-corrected chi connectivity index (χ3v) is 6.79. The predicted molar refractivity (Wildman–Crippen MR) is 140 cm³/mol. The molecule has 1 aliphatic heterocycles. The second-order valence-corrected chi connectivity index (χ2v) is 9.40. The lowest BCUT2D eigenvalue weighted by atomic mass is 10.0. The van der Waals surface area contributed by atoms with E-state index in [0.717, 1.165) is 60.5 Å². The Hall–Kier alpha value is -3.25. The minimum atomic E-state index is -0.575. The summed E-state index contributed by atoms with van der Waals surface area (Å²) in [5, 5.41) is 12.1. The molecule has 3 aromatic carbocycles. The molecule has 2 heterocycles. The summed E-state index contributed by atoms with van der Waals surface area (Å²) >= 11 is 0. The number of fused-ring (bicyclic) bond motifs is 1. The van der Waals surface area contributed by atoms with E-state index in [9.17, 15) is 5.11 Å². The van der Waals surface area contributed by atoms with Gasteiger partial charge >= 0.3 is 0 Å². The van der Waals surface area contributed by atoms with Gasteiger partial charge in [-0.25, -0.2) is 0 Å². The van der Waals surface area contributed by atoms with Crippen LogP contribution in [-0.2, 0) is 13.2 Å². The number of benzene rings is 3. The van der Waals surface area contributed by atoms with Crippen molar-refractivity contribution in [3.05, 3.63) is 107 Å². The minimum Gasteiger partial charge on any atom is -0.487 e. The summed E-state index contributed by atoms with van der Waals surface area (Å²) < 4.78 is 6.10. The van der Waals surface area contributed by atoms with Crippen LogP contribution >= 0.6 is 0 Å². The number of ether oxygens (including phenoxy) is 1. The molecule has 1 fully saturated rings. The zero-order valence-corrected chi connectivity index (χ0v) is 20.3. The minimum absolute atomic E-state index is 0.487. The van der Waals surface area contributed by atoms with E-state index in [0.29, 0.717) is 13.2 Å². The second-order valence-electron chi connectivity index (χ2n) is 9.40. The van der Waals surface area contributed by atoms with Crippen molar-refractivity contribution < 1.29 is 9.84 Å². The van der Waals surface area contributed by atoms with E-state index in [2.05, 4.69) is 46.0 Å². The number of rotatable bonds is 8. The summed E-state index contributed by atoms with van der Waals surface area (Å²) in [5.41, 5.74) is 5.47. The maximum atomic E-state index is 11.2. The predicted octanol–water partition coefficient (Wildman–Crippen LogP) is 4.97. The average Bonchev–Trinajstić information content (AvgIpc) is 2.90. The van der Waals surface area contributed by atoms with Gasteiger partial charge in [0.15, 0.2) is 0 Å². The largest absolute Gasteiger partial charge is 0.487 e. The molecule has 5 rings (SSSR count). The molecule has 0 amide bonds. The molecule has 5 heteroatoms. The van der Waals surface area contributed by atoms with Crippen LogP contribution in [0.5, 0.6) is 5.75 Å². The number of nitrogens with zero attached hydrogens (tertiary/aromatic N) is 3.